The summed E-state index contributed by atoms with van der Waals surface area (Å²) in [5.41, 5.74) is 7.91. The summed E-state index contributed by atoms with van der Waals surface area (Å²) in [6.45, 7) is 3.32. The van der Waals surface area contributed by atoms with Crippen LogP contribution in [0.3, 0.4) is 0 Å². The molecular weight excluding hydrogens is 288 g/mol. The summed E-state index contributed by atoms with van der Waals surface area (Å²) in [5.74, 6) is 0. The molecule has 1 aliphatic rings. The fourth-order valence-electron chi connectivity index (χ4n) is 2.32. The molecule has 0 spiro atoms. The second-order valence-electron chi connectivity index (χ2n) is 4.36. The van der Waals surface area contributed by atoms with Gasteiger partial charge in [0.05, 0.1) is 11.4 Å². The first-order valence-electron chi connectivity index (χ1n) is 5.60. The van der Waals surface area contributed by atoms with Gasteiger partial charge in [0.1, 0.15) is 0 Å². The van der Waals surface area contributed by atoms with Crippen LogP contribution in [0.15, 0.2) is 16.6 Å². The molecule has 1 heterocycles. The molecule has 88 valence electrons. The van der Waals surface area contributed by atoms with Gasteiger partial charge in [-0.1, -0.05) is 11.6 Å². The van der Waals surface area contributed by atoms with Gasteiger partial charge in [-0.3, -0.25) is 0 Å². The third-order valence-corrected chi connectivity index (χ3v) is 3.97. The highest BCUT2D eigenvalue weighted by molar-refractivity contribution is 9.10. The summed E-state index contributed by atoms with van der Waals surface area (Å²) in [5, 5.41) is 0.679. The van der Waals surface area contributed by atoms with E-state index in [2.05, 4.69) is 27.8 Å². The SMILES string of the molecule is CC1CCCCN1c1c(N)cc(Cl)cc1Br. The molecule has 0 bridgehead atoms. The number of rotatable bonds is 1. The second kappa shape index (κ2) is 4.84. The number of anilines is 2. The maximum Gasteiger partial charge on any atom is 0.0747 e. The van der Waals surface area contributed by atoms with Gasteiger partial charge in [-0.2, -0.15) is 0 Å². The van der Waals surface area contributed by atoms with Crippen molar-refractivity contribution in [1.29, 1.82) is 0 Å². The number of hydrogen-bond donors (Lipinski definition) is 1. The maximum absolute atomic E-state index is 6.06. The number of nitrogens with two attached hydrogens (primary N) is 1. The summed E-state index contributed by atoms with van der Waals surface area (Å²) >= 11 is 9.52. The van der Waals surface area contributed by atoms with Crippen LogP contribution in [0.5, 0.6) is 0 Å². The number of piperidine rings is 1. The lowest BCUT2D eigenvalue weighted by Gasteiger charge is -2.36. The van der Waals surface area contributed by atoms with Crippen molar-refractivity contribution in [2.75, 3.05) is 17.2 Å². The van der Waals surface area contributed by atoms with Gasteiger partial charge in [0.15, 0.2) is 0 Å². The Morgan fingerprint density at radius 2 is 2.19 bits per heavy atom. The minimum Gasteiger partial charge on any atom is -0.397 e. The molecule has 1 aromatic rings. The van der Waals surface area contributed by atoms with E-state index in [0.717, 1.165) is 22.4 Å². The first kappa shape index (κ1) is 12.1. The van der Waals surface area contributed by atoms with Gasteiger partial charge in [0.2, 0.25) is 0 Å². The van der Waals surface area contributed by atoms with Crippen LogP contribution in [0.2, 0.25) is 5.02 Å². The topological polar surface area (TPSA) is 29.3 Å². The molecule has 1 aromatic carbocycles. The minimum atomic E-state index is 0.550. The lowest BCUT2D eigenvalue weighted by molar-refractivity contribution is 0.485. The second-order valence-corrected chi connectivity index (χ2v) is 5.65. The largest absolute Gasteiger partial charge is 0.397 e. The monoisotopic (exact) mass is 302 g/mol. The van der Waals surface area contributed by atoms with Gasteiger partial charge in [-0.15, -0.1) is 0 Å². The zero-order chi connectivity index (χ0) is 11.7. The van der Waals surface area contributed by atoms with Crippen molar-refractivity contribution in [1.82, 2.24) is 0 Å². The van der Waals surface area contributed by atoms with Crippen LogP contribution in [0, 0.1) is 0 Å². The molecule has 0 aliphatic carbocycles. The third kappa shape index (κ3) is 2.30. The molecule has 2 N–H and O–H groups in total. The molecule has 1 atom stereocenters. The molecular formula is C12H16BrClN2. The minimum absolute atomic E-state index is 0.550. The normalized spacial score (nSPS) is 21.2. The number of halogens is 2. The van der Waals surface area contributed by atoms with E-state index in [-0.39, 0.29) is 0 Å². The van der Waals surface area contributed by atoms with E-state index in [1.807, 2.05) is 12.1 Å². The first-order valence-corrected chi connectivity index (χ1v) is 6.78. The number of nitrogen functional groups attached to an aromatic ring is 1. The zero-order valence-electron chi connectivity index (χ0n) is 9.34. The van der Waals surface area contributed by atoms with Crippen LogP contribution in [0.1, 0.15) is 26.2 Å². The molecule has 0 radical (unpaired) electrons. The Kier molecular flexibility index (Phi) is 3.65. The summed E-state index contributed by atoms with van der Waals surface area (Å²) in [4.78, 5) is 2.37. The quantitative estimate of drug-likeness (QED) is 0.793. The predicted octanol–water partition coefficient (Wildman–Crippen LogP) is 4.06. The van der Waals surface area contributed by atoms with Gasteiger partial charge >= 0.3 is 0 Å². The van der Waals surface area contributed by atoms with E-state index < -0.39 is 0 Å². The fourth-order valence-corrected chi connectivity index (χ4v) is 3.38. The van der Waals surface area contributed by atoms with Crippen molar-refractivity contribution in [3.8, 4) is 0 Å². The highest BCUT2D eigenvalue weighted by Crippen LogP contribution is 2.38. The molecule has 0 saturated carbocycles. The molecule has 1 fully saturated rings. The number of hydrogen-bond acceptors (Lipinski definition) is 2. The van der Waals surface area contributed by atoms with Crippen LogP contribution >= 0.6 is 27.5 Å². The highest BCUT2D eigenvalue weighted by atomic mass is 79.9. The fraction of sp³-hybridized carbons (Fsp3) is 0.500. The lowest BCUT2D eigenvalue weighted by atomic mass is 10.0. The van der Waals surface area contributed by atoms with Gasteiger partial charge < -0.3 is 10.6 Å². The maximum atomic E-state index is 6.06. The molecule has 0 amide bonds. The molecule has 1 aliphatic heterocycles. The van der Waals surface area contributed by atoms with Crippen LogP contribution in [-0.2, 0) is 0 Å². The van der Waals surface area contributed by atoms with Crippen LogP contribution in [0.4, 0.5) is 11.4 Å². The predicted molar refractivity (Wildman–Crippen MR) is 74.2 cm³/mol. The molecule has 1 saturated heterocycles. The van der Waals surface area contributed by atoms with Crippen molar-refractivity contribution in [2.45, 2.75) is 32.2 Å². The van der Waals surface area contributed by atoms with Crippen LogP contribution < -0.4 is 10.6 Å². The van der Waals surface area contributed by atoms with Crippen molar-refractivity contribution >= 4 is 38.9 Å². The van der Waals surface area contributed by atoms with E-state index in [1.165, 1.54) is 19.3 Å². The molecule has 2 nitrogen and oxygen atoms in total. The summed E-state index contributed by atoms with van der Waals surface area (Å²) < 4.78 is 0.992. The van der Waals surface area contributed by atoms with Gasteiger partial charge in [-0.25, -0.2) is 0 Å². The summed E-state index contributed by atoms with van der Waals surface area (Å²) in [6, 6.07) is 4.28. The molecule has 0 aromatic heterocycles. The van der Waals surface area contributed by atoms with E-state index in [4.69, 9.17) is 17.3 Å². The van der Waals surface area contributed by atoms with Gasteiger partial charge in [0, 0.05) is 22.1 Å². The van der Waals surface area contributed by atoms with Crippen LogP contribution in [0.25, 0.3) is 0 Å². The molecule has 2 rings (SSSR count). The van der Waals surface area contributed by atoms with E-state index in [9.17, 15) is 0 Å². The molecule has 4 heteroatoms. The van der Waals surface area contributed by atoms with E-state index >= 15 is 0 Å². The average Bonchev–Trinajstić information content (AvgIpc) is 2.19. The standard InChI is InChI=1S/C12H16BrClN2/c1-8-4-2-3-5-16(8)12-10(13)6-9(14)7-11(12)15/h6-8H,2-5,15H2,1H3. The van der Waals surface area contributed by atoms with Crippen LogP contribution in [-0.4, -0.2) is 12.6 Å². The van der Waals surface area contributed by atoms with Crippen molar-refractivity contribution in [3.05, 3.63) is 21.6 Å². The first-order chi connectivity index (χ1) is 7.59. The summed E-state index contributed by atoms with van der Waals surface area (Å²) in [7, 11) is 0. The molecule has 16 heavy (non-hydrogen) atoms. The van der Waals surface area contributed by atoms with Gasteiger partial charge in [0.25, 0.3) is 0 Å². The third-order valence-electron chi connectivity index (χ3n) is 3.15. The Morgan fingerprint density at radius 3 is 2.81 bits per heavy atom. The zero-order valence-corrected chi connectivity index (χ0v) is 11.7. The Hall–Kier alpha value is -0.410. The lowest BCUT2D eigenvalue weighted by Crippen LogP contribution is -2.38. The Morgan fingerprint density at radius 1 is 1.44 bits per heavy atom. The number of nitrogens with zero attached hydrogens (tertiary/aromatic N) is 1. The van der Waals surface area contributed by atoms with Crippen molar-refractivity contribution in [2.24, 2.45) is 0 Å². The van der Waals surface area contributed by atoms with E-state index in [0.29, 0.717) is 11.1 Å². The van der Waals surface area contributed by atoms with Crippen molar-refractivity contribution < 1.29 is 0 Å². The van der Waals surface area contributed by atoms with Gasteiger partial charge in [-0.05, 0) is 54.2 Å². The van der Waals surface area contributed by atoms with Crippen molar-refractivity contribution in [3.63, 3.8) is 0 Å². The average molecular weight is 304 g/mol. The Labute approximate surface area is 110 Å². The van der Waals surface area contributed by atoms with E-state index in [1.54, 1.807) is 0 Å². The summed E-state index contributed by atoms with van der Waals surface area (Å²) in [6.07, 6.45) is 3.77. The molecule has 1 unspecified atom stereocenters. The Balaban J connectivity index is 2.38. The smallest absolute Gasteiger partial charge is 0.0747 e. The Bertz CT molecular complexity index is 372. The number of benzene rings is 1. The highest BCUT2D eigenvalue weighted by Gasteiger charge is 2.22.